The van der Waals surface area contributed by atoms with Crippen molar-refractivity contribution < 1.29 is 9.90 Å². The number of hydrogen-bond acceptors (Lipinski definition) is 2. The van der Waals surface area contributed by atoms with Crippen molar-refractivity contribution in [3.63, 3.8) is 0 Å². The summed E-state index contributed by atoms with van der Waals surface area (Å²) in [5.74, 6) is -0.402. The van der Waals surface area contributed by atoms with Crippen LogP contribution < -0.4 is 5.32 Å². The molecule has 0 amide bonds. The maximum atomic E-state index is 10.7. The number of halogens is 1. The van der Waals surface area contributed by atoms with Gasteiger partial charge in [-0.1, -0.05) is 30.3 Å². The fourth-order valence-electron chi connectivity index (χ4n) is 1.90. The molecule has 1 aromatic carbocycles. The highest BCUT2D eigenvalue weighted by atomic mass is 35.5. The molecule has 0 radical (unpaired) electrons. The van der Waals surface area contributed by atoms with Crippen LogP contribution >= 0.6 is 12.4 Å². The van der Waals surface area contributed by atoms with E-state index in [1.54, 1.807) is 0 Å². The molecule has 1 aliphatic heterocycles. The Labute approximate surface area is 94.9 Å². The number of rotatable bonds is 2. The second-order valence-electron chi connectivity index (χ2n) is 3.64. The van der Waals surface area contributed by atoms with Gasteiger partial charge in [0, 0.05) is 6.54 Å². The highest BCUT2D eigenvalue weighted by Gasteiger charge is 2.29. The van der Waals surface area contributed by atoms with Crippen LogP contribution in [0.3, 0.4) is 0 Å². The molecule has 0 bridgehead atoms. The lowest BCUT2D eigenvalue weighted by atomic mass is 9.96. The summed E-state index contributed by atoms with van der Waals surface area (Å²) in [6, 6.07) is 9.68. The number of carboxylic acid groups (broad SMARTS) is 1. The van der Waals surface area contributed by atoms with Gasteiger partial charge in [-0.2, -0.15) is 0 Å². The van der Waals surface area contributed by atoms with Crippen molar-refractivity contribution in [3.8, 4) is 0 Å². The first-order chi connectivity index (χ1) is 6.77. The predicted octanol–water partition coefficient (Wildman–Crippen LogP) is 1.64. The van der Waals surface area contributed by atoms with Gasteiger partial charge in [-0.05, 0) is 17.9 Å². The van der Waals surface area contributed by atoms with Crippen LogP contribution in [0.1, 0.15) is 17.9 Å². The Bertz CT molecular complexity index is 329. The molecule has 2 unspecified atom stereocenters. The van der Waals surface area contributed by atoms with Gasteiger partial charge in [0.05, 0.1) is 0 Å². The van der Waals surface area contributed by atoms with E-state index < -0.39 is 5.97 Å². The minimum atomic E-state index is -0.747. The maximum Gasteiger partial charge on any atom is 0.320 e. The average molecular weight is 228 g/mol. The first-order valence-electron chi connectivity index (χ1n) is 4.78. The molecule has 1 saturated heterocycles. The minimum Gasteiger partial charge on any atom is -0.480 e. The quantitative estimate of drug-likeness (QED) is 0.808. The molecule has 0 aromatic heterocycles. The molecule has 1 fully saturated rings. The third kappa shape index (κ3) is 2.70. The monoisotopic (exact) mass is 227 g/mol. The average Bonchev–Trinajstić information content (AvgIpc) is 2.68. The molecule has 2 rings (SSSR count). The Morgan fingerprint density at radius 1 is 1.33 bits per heavy atom. The van der Waals surface area contributed by atoms with E-state index in [0.717, 1.165) is 6.54 Å². The Morgan fingerprint density at radius 2 is 2.00 bits per heavy atom. The third-order valence-corrected chi connectivity index (χ3v) is 2.70. The van der Waals surface area contributed by atoms with E-state index in [1.807, 2.05) is 18.2 Å². The van der Waals surface area contributed by atoms with Crippen molar-refractivity contribution >= 4 is 18.4 Å². The number of hydrogen-bond donors (Lipinski definition) is 2. The Morgan fingerprint density at radius 3 is 2.53 bits per heavy atom. The van der Waals surface area contributed by atoms with Crippen molar-refractivity contribution in [2.24, 2.45) is 0 Å². The molecular weight excluding hydrogens is 214 g/mol. The molecule has 15 heavy (non-hydrogen) atoms. The van der Waals surface area contributed by atoms with E-state index in [4.69, 9.17) is 5.11 Å². The second-order valence-corrected chi connectivity index (χ2v) is 3.64. The van der Waals surface area contributed by atoms with Crippen LogP contribution in [-0.4, -0.2) is 23.7 Å². The summed E-state index contributed by atoms with van der Waals surface area (Å²) in [5.41, 5.74) is 1.23. The molecule has 0 aliphatic carbocycles. The molecule has 0 spiro atoms. The number of aliphatic carboxylic acids is 1. The van der Waals surface area contributed by atoms with Gasteiger partial charge in [-0.25, -0.2) is 0 Å². The highest BCUT2D eigenvalue weighted by molar-refractivity contribution is 5.85. The van der Waals surface area contributed by atoms with Crippen molar-refractivity contribution in [3.05, 3.63) is 35.9 Å². The van der Waals surface area contributed by atoms with Crippen molar-refractivity contribution in [1.82, 2.24) is 5.32 Å². The fraction of sp³-hybridized carbons (Fsp3) is 0.364. The Hall–Kier alpha value is -1.06. The van der Waals surface area contributed by atoms with E-state index in [9.17, 15) is 4.79 Å². The zero-order valence-electron chi connectivity index (χ0n) is 8.22. The van der Waals surface area contributed by atoms with Crippen LogP contribution in [0.5, 0.6) is 0 Å². The van der Waals surface area contributed by atoms with Crippen molar-refractivity contribution in [1.29, 1.82) is 0 Å². The summed E-state index contributed by atoms with van der Waals surface area (Å²) in [7, 11) is 0. The van der Waals surface area contributed by atoms with Crippen LogP contribution in [-0.2, 0) is 4.79 Å². The topological polar surface area (TPSA) is 49.3 Å². The van der Waals surface area contributed by atoms with E-state index in [-0.39, 0.29) is 18.4 Å². The van der Waals surface area contributed by atoms with E-state index >= 15 is 0 Å². The van der Waals surface area contributed by atoms with Crippen molar-refractivity contribution in [2.45, 2.75) is 18.4 Å². The van der Waals surface area contributed by atoms with Crippen LogP contribution in [0, 0.1) is 0 Å². The van der Waals surface area contributed by atoms with Crippen LogP contribution in [0.4, 0.5) is 0 Å². The van der Waals surface area contributed by atoms with Gasteiger partial charge in [0.2, 0.25) is 0 Å². The summed E-state index contributed by atoms with van der Waals surface area (Å²) in [6.07, 6.45) is 0.694. The Balaban J connectivity index is 0.00000112. The summed E-state index contributed by atoms with van der Waals surface area (Å²) in [4.78, 5) is 10.7. The zero-order chi connectivity index (χ0) is 9.97. The predicted molar refractivity (Wildman–Crippen MR) is 60.5 cm³/mol. The molecule has 0 saturated carbocycles. The van der Waals surface area contributed by atoms with Crippen LogP contribution in [0.25, 0.3) is 0 Å². The van der Waals surface area contributed by atoms with Gasteiger partial charge in [0.25, 0.3) is 0 Å². The molecular formula is C11H14ClNO2. The second kappa shape index (κ2) is 5.14. The van der Waals surface area contributed by atoms with Gasteiger partial charge < -0.3 is 10.4 Å². The number of carbonyl (C=O) groups is 1. The molecule has 1 aromatic rings. The van der Waals surface area contributed by atoms with Gasteiger partial charge in [-0.15, -0.1) is 12.4 Å². The molecule has 2 atom stereocenters. The molecule has 4 heteroatoms. The van der Waals surface area contributed by atoms with Crippen LogP contribution in [0.15, 0.2) is 30.3 Å². The Kier molecular flexibility index (Phi) is 4.12. The number of carboxylic acids is 1. The molecule has 1 aliphatic rings. The standard InChI is InChI=1S/C11H13NO2.ClH/c13-11(14)10-6-9(7-12-10)8-4-2-1-3-5-8;/h1-5,9-10,12H,6-7H2,(H,13,14);1H. The summed E-state index contributed by atoms with van der Waals surface area (Å²) >= 11 is 0. The normalized spacial score (nSPS) is 24.5. The van der Waals surface area contributed by atoms with E-state index in [2.05, 4.69) is 17.4 Å². The maximum absolute atomic E-state index is 10.7. The van der Waals surface area contributed by atoms with Gasteiger partial charge in [0.15, 0.2) is 0 Å². The molecule has 82 valence electrons. The fourth-order valence-corrected chi connectivity index (χ4v) is 1.90. The van der Waals surface area contributed by atoms with Gasteiger partial charge in [-0.3, -0.25) is 4.79 Å². The lowest BCUT2D eigenvalue weighted by Gasteiger charge is -2.07. The first-order valence-corrected chi connectivity index (χ1v) is 4.78. The number of nitrogens with one attached hydrogen (secondary N) is 1. The van der Waals surface area contributed by atoms with Crippen molar-refractivity contribution in [2.75, 3.05) is 6.54 Å². The van der Waals surface area contributed by atoms with E-state index in [1.165, 1.54) is 5.56 Å². The number of benzene rings is 1. The zero-order valence-corrected chi connectivity index (χ0v) is 9.04. The van der Waals surface area contributed by atoms with Gasteiger partial charge in [0.1, 0.15) is 6.04 Å². The minimum absolute atomic E-state index is 0. The summed E-state index contributed by atoms with van der Waals surface area (Å²) in [5, 5.41) is 11.8. The molecule has 3 nitrogen and oxygen atoms in total. The third-order valence-electron chi connectivity index (χ3n) is 2.70. The SMILES string of the molecule is Cl.O=C(O)C1CC(c2ccccc2)CN1. The lowest BCUT2D eigenvalue weighted by molar-refractivity contribution is -0.139. The summed E-state index contributed by atoms with van der Waals surface area (Å²) in [6.45, 7) is 0.765. The largest absolute Gasteiger partial charge is 0.480 e. The highest BCUT2D eigenvalue weighted by Crippen LogP contribution is 2.25. The molecule has 1 heterocycles. The smallest absolute Gasteiger partial charge is 0.320 e. The van der Waals surface area contributed by atoms with Crippen LogP contribution in [0.2, 0.25) is 0 Å². The van der Waals surface area contributed by atoms with E-state index in [0.29, 0.717) is 12.3 Å². The van der Waals surface area contributed by atoms with Gasteiger partial charge >= 0.3 is 5.97 Å². The lowest BCUT2D eigenvalue weighted by Crippen LogP contribution is -2.29. The summed E-state index contributed by atoms with van der Waals surface area (Å²) < 4.78 is 0. The first kappa shape index (κ1) is 12.0. The molecule has 2 N–H and O–H groups in total.